The SMILES string of the molecule is CC(=O)N1CC(S(=O)(=O)C[C@H]2C[C@@H](N(C)c3ncnc4[nH]ccc34)C2)C1. The minimum atomic E-state index is -3.13. The van der Waals surface area contributed by atoms with Crippen molar-refractivity contribution in [1.29, 1.82) is 0 Å². The Balaban J connectivity index is 1.34. The maximum atomic E-state index is 12.5. The van der Waals surface area contributed by atoms with Gasteiger partial charge in [0.1, 0.15) is 17.8 Å². The highest BCUT2D eigenvalue weighted by atomic mass is 32.2. The summed E-state index contributed by atoms with van der Waals surface area (Å²) >= 11 is 0. The second-order valence-corrected chi connectivity index (χ2v) is 9.74. The Morgan fingerprint density at radius 1 is 1.35 bits per heavy atom. The van der Waals surface area contributed by atoms with Crippen molar-refractivity contribution in [1.82, 2.24) is 19.9 Å². The van der Waals surface area contributed by atoms with Crippen molar-refractivity contribution in [2.24, 2.45) is 5.92 Å². The fourth-order valence-corrected chi connectivity index (χ4v) is 5.87. The number of hydrogen-bond donors (Lipinski definition) is 1. The summed E-state index contributed by atoms with van der Waals surface area (Å²) in [4.78, 5) is 26.6. The van der Waals surface area contributed by atoms with Gasteiger partial charge in [-0.25, -0.2) is 18.4 Å². The molecule has 8 nitrogen and oxygen atoms in total. The van der Waals surface area contributed by atoms with Crippen molar-refractivity contribution >= 4 is 32.6 Å². The number of sulfone groups is 1. The number of carbonyl (C=O) groups is 1. The van der Waals surface area contributed by atoms with Gasteiger partial charge in [0.15, 0.2) is 9.84 Å². The van der Waals surface area contributed by atoms with Gasteiger partial charge < -0.3 is 14.8 Å². The van der Waals surface area contributed by atoms with Crippen LogP contribution in [0.4, 0.5) is 5.82 Å². The Kier molecular flexibility index (Phi) is 4.13. The van der Waals surface area contributed by atoms with Gasteiger partial charge in [-0.2, -0.15) is 0 Å². The lowest BCUT2D eigenvalue weighted by Crippen LogP contribution is -2.57. The van der Waals surface area contributed by atoms with E-state index >= 15 is 0 Å². The first kappa shape index (κ1) is 17.3. The molecule has 9 heteroatoms. The van der Waals surface area contributed by atoms with Crippen LogP contribution in [-0.2, 0) is 14.6 Å². The molecule has 1 aliphatic carbocycles. The molecule has 1 saturated heterocycles. The molecular weight excluding hydrogens is 354 g/mol. The van der Waals surface area contributed by atoms with Crippen LogP contribution in [0.5, 0.6) is 0 Å². The number of carbonyl (C=O) groups excluding carboxylic acids is 1. The maximum absolute atomic E-state index is 12.5. The Morgan fingerprint density at radius 3 is 2.77 bits per heavy atom. The maximum Gasteiger partial charge on any atom is 0.219 e. The summed E-state index contributed by atoms with van der Waals surface area (Å²) in [5.74, 6) is 1.22. The molecule has 0 bridgehead atoms. The summed E-state index contributed by atoms with van der Waals surface area (Å²) in [6.45, 7) is 2.17. The summed E-state index contributed by atoms with van der Waals surface area (Å²) in [6.07, 6.45) is 5.07. The standard InChI is InChI=1S/C17H23N5O3S/c1-11(23)22-7-14(8-22)26(24,25)9-12-5-13(6-12)21(2)17-15-3-4-18-16(15)19-10-20-17/h3-4,10,12-14H,5-9H2,1-2H3,(H,18,19,20)/t12-,13+. The predicted molar refractivity (Wildman–Crippen MR) is 98.6 cm³/mol. The molecule has 1 saturated carbocycles. The number of nitrogens with zero attached hydrogens (tertiary/aromatic N) is 4. The molecule has 0 atom stereocenters. The highest BCUT2D eigenvalue weighted by Gasteiger charge is 2.42. The quantitative estimate of drug-likeness (QED) is 0.828. The van der Waals surface area contributed by atoms with Crippen LogP contribution >= 0.6 is 0 Å². The van der Waals surface area contributed by atoms with E-state index < -0.39 is 9.84 Å². The van der Waals surface area contributed by atoms with Gasteiger partial charge in [0.25, 0.3) is 0 Å². The van der Waals surface area contributed by atoms with Gasteiger partial charge >= 0.3 is 0 Å². The second kappa shape index (κ2) is 6.22. The number of hydrogen-bond acceptors (Lipinski definition) is 6. The van der Waals surface area contributed by atoms with E-state index in [1.165, 1.54) is 6.92 Å². The van der Waals surface area contributed by atoms with Gasteiger partial charge in [-0.15, -0.1) is 0 Å². The first-order valence-electron chi connectivity index (χ1n) is 8.83. The fraction of sp³-hybridized carbons (Fsp3) is 0.588. The Morgan fingerprint density at radius 2 is 2.08 bits per heavy atom. The van der Waals surface area contributed by atoms with Crippen molar-refractivity contribution in [3.8, 4) is 0 Å². The zero-order chi connectivity index (χ0) is 18.5. The van der Waals surface area contributed by atoms with E-state index in [2.05, 4.69) is 19.9 Å². The molecule has 0 aromatic carbocycles. The highest BCUT2D eigenvalue weighted by Crippen LogP contribution is 2.36. The van der Waals surface area contributed by atoms with Crippen LogP contribution in [0, 0.1) is 5.92 Å². The third-order valence-corrected chi connectivity index (χ3v) is 7.94. The molecule has 0 spiro atoms. The smallest absolute Gasteiger partial charge is 0.219 e. The number of amides is 1. The van der Waals surface area contributed by atoms with Gasteiger partial charge in [-0.1, -0.05) is 0 Å². The number of H-pyrrole nitrogens is 1. The molecule has 2 aromatic heterocycles. The monoisotopic (exact) mass is 377 g/mol. The third kappa shape index (κ3) is 2.94. The van der Waals surface area contributed by atoms with Crippen LogP contribution in [0.3, 0.4) is 0 Å². The number of aromatic nitrogens is 3. The number of rotatable bonds is 5. The normalized spacial score (nSPS) is 23.5. The zero-order valence-corrected chi connectivity index (χ0v) is 15.7. The van der Waals surface area contributed by atoms with Gasteiger partial charge in [-0.05, 0) is 24.8 Å². The van der Waals surface area contributed by atoms with E-state index in [4.69, 9.17) is 0 Å². The molecule has 4 rings (SSSR count). The first-order valence-corrected chi connectivity index (χ1v) is 10.5. The average Bonchev–Trinajstić information content (AvgIpc) is 2.96. The van der Waals surface area contributed by atoms with Gasteiger partial charge in [0, 0.05) is 39.3 Å². The molecule has 2 aliphatic rings. The van der Waals surface area contributed by atoms with Crippen molar-refractivity contribution in [3.63, 3.8) is 0 Å². The Hall–Kier alpha value is -2.16. The molecule has 1 amide bonds. The molecule has 26 heavy (non-hydrogen) atoms. The highest BCUT2D eigenvalue weighted by molar-refractivity contribution is 7.92. The molecule has 1 N–H and O–H groups in total. The summed E-state index contributed by atoms with van der Waals surface area (Å²) in [7, 11) is -1.13. The van der Waals surface area contributed by atoms with Crippen LogP contribution in [0.2, 0.25) is 0 Å². The molecule has 0 unspecified atom stereocenters. The first-order chi connectivity index (χ1) is 12.3. The van der Waals surface area contributed by atoms with E-state index in [1.54, 1.807) is 11.2 Å². The second-order valence-electron chi connectivity index (χ2n) is 7.41. The van der Waals surface area contributed by atoms with Crippen molar-refractivity contribution in [2.45, 2.75) is 31.1 Å². The topological polar surface area (TPSA) is 99.3 Å². The molecule has 140 valence electrons. The fourth-order valence-electron chi connectivity index (χ4n) is 3.85. The van der Waals surface area contributed by atoms with Crippen LogP contribution in [-0.4, -0.2) is 71.4 Å². The lowest BCUT2D eigenvalue weighted by Gasteiger charge is -2.43. The summed E-state index contributed by atoms with van der Waals surface area (Å²) < 4.78 is 25.0. The summed E-state index contributed by atoms with van der Waals surface area (Å²) in [5, 5.41) is 0.592. The van der Waals surface area contributed by atoms with Gasteiger partial charge in [0.05, 0.1) is 16.4 Å². The molecule has 2 aromatic rings. The molecule has 0 radical (unpaired) electrons. The number of anilines is 1. The number of likely N-dealkylation sites (tertiary alicyclic amines) is 1. The number of aromatic amines is 1. The number of nitrogens with one attached hydrogen (secondary N) is 1. The lowest BCUT2D eigenvalue weighted by atomic mass is 9.81. The molecule has 2 fully saturated rings. The molecule has 3 heterocycles. The van der Waals surface area contributed by atoms with E-state index in [0.717, 1.165) is 29.7 Å². The van der Waals surface area contributed by atoms with Crippen molar-refractivity contribution < 1.29 is 13.2 Å². The average molecular weight is 377 g/mol. The van der Waals surface area contributed by atoms with Crippen LogP contribution in [0.15, 0.2) is 18.6 Å². The van der Waals surface area contributed by atoms with E-state index in [-0.39, 0.29) is 22.8 Å². The van der Waals surface area contributed by atoms with Gasteiger partial charge in [-0.3, -0.25) is 4.79 Å². The minimum absolute atomic E-state index is 0.0531. The molecule has 1 aliphatic heterocycles. The largest absolute Gasteiger partial charge is 0.356 e. The van der Waals surface area contributed by atoms with Crippen LogP contribution in [0.25, 0.3) is 11.0 Å². The van der Waals surface area contributed by atoms with Crippen LogP contribution < -0.4 is 4.90 Å². The van der Waals surface area contributed by atoms with E-state index in [0.29, 0.717) is 19.1 Å². The Labute approximate surface area is 152 Å². The molecular formula is C17H23N5O3S. The van der Waals surface area contributed by atoms with Crippen molar-refractivity contribution in [3.05, 3.63) is 18.6 Å². The number of fused-ring (bicyclic) bond motifs is 1. The minimum Gasteiger partial charge on any atom is -0.356 e. The van der Waals surface area contributed by atoms with Gasteiger partial charge in [0.2, 0.25) is 5.91 Å². The van der Waals surface area contributed by atoms with E-state index in [9.17, 15) is 13.2 Å². The predicted octanol–water partition coefficient (Wildman–Crippen LogP) is 0.818. The van der Waals surface area contributed by atoms with E-state index in [1.807, 2.05) is 19.3 Å². The zero-order valence-electron chi connectivity index (χ0n) is 14.9. The summed E-state index contributed by atoms with van der Waals surface area (Å²) in [5.41, 5.74) is 0.806. The van der Waals surface area contributed by atoms with Crippen LogP contribution in [0.1, 0.15) is 19.8 Å². The Bertz CT molecular complexity index is 929. The third-order valence-electron chi connectivity index (χ3n) is 5.69. The van der Waals surface area contributed by atoms with Crippen molar-refractivity contribution in [2.75, 3.05) is 30.8 Å². The summed E-state index contributed by atoms with van der Waals surface area (Å²) in [6, 6.07) is 2.25. The lowest BCUT2D eigenvalue weighted by molar-refractivity contribution is -0.131.